The van der Waals surface area contributed by atoms with Crippen LogP contribution in [0.1, 0.15) is 4.88 Å². The normalized spacial score (nSPS) is 15.3. The molecular weight excluding hydrogens is 347 g/mol. The molecule has 0 unspecified atom stereocenters. The van der Waals surface area contributed by atoms with E-state index >= 15 is 0 Å². The van der Waals surface area contributed by atoms with Gasteiger partial charge in [0.15, 0.2) is 0 Å². The standard InChI is InChI=1S/C17H16ClFN4S/c1-11-10-14-15(20-17(18)21-16(14)24-11)23-8-6-22(7-9-23)13-4-2-12(19)3-5-13/h2-5,10H,6-9H2,1H3. The van der Waals surface area contributed by atoms with Gasteiger partial charge in [0.2, 0.25) is 5.28 Å². The monoisotopic (exact) mass is 362 g/mol. The van der Waals surface area contributed by atoms with E-state index in [9.17, 15) is 4.39 Å². The minimum atomic E-state index is -0.205. The fraction of sp³-hybridized carbons (Fsp3) is 0.294. The van der Waals surface area contributed by atoms with Crippen molar-refractivity contribution in [1.82, 2.24) is 9.97 Å². The van der Waals surface area contributed by atoms with E-state index in [1.807, 2.05) is 12.1 Å². The van der Waals surface area contributed by atoms with Crippen molar-refractivity contribution in [3.63, 3.8) is 0 Å². The average molecular weight is 363 g/mol. The Kier molecular flexibility index (Phi) is 4.02. The number of fused-ring (bicyclic) bond motifs is 1. The SMILES string of the molecule is Cc1cc2c(N3CCN(c4ccc(F)cc4)CC3)nc(Cl)nc2s1. The van der Waals surface area contributed by atoms with E-state index in [0.717, 1.165) is 47.9 Å². The smallest absolute Gasteiger partial charge is 0.225 e. The van der Waals surface area contributed by atoms with Crippen molar-refractivity contribution in [1.29, 1.82) is 0 Å². The largest absolute Gasteiger partial charge is 0.368 e. The molecule has 4 rings (SSSR count). The number of anilines is 2. The maximum Gasteiger partial charge on any atom is 0.225 e. The molecule has 0 bridgehead atoms. The van der Waals surface area contributed by atoms with E-state index < -0.39 is 0 Å². The first-order chi connectivity index (χ1) is 11.6. The summed E-state index contributed by atoms with van der Waals surface area (Å²) in [5.41, 5.74) is 1.05. The highest BCUT2D eigenvalue weighted by Gasteiger charge is 2.21. The number of aryl methyl sites for hydroxylation is 1. The minimum absolute atomic E-state index is 0.205. The molecule has 3 heterocycles. The van der Waals surface area contributed by atoms with Gasteiger partial charge in [-0.3, -0.25) is 0 Å². The highest BCUT2D eigenvalue weighted by molar-refractivity contribution is 7.18. The summed E-state index contributed by atoms with van der Waals surface area (Å²) in [5.74, 6) is 0.705. The second-order valence-electron chi connectivity index (χ2n) is 5.84. The lowest BCUT2D eigenvalue weighted by molar-refractivity contribution is 0.624. The Bertz CT molecular complexity index is 872. The summed E-state index contributed by atoms with van der Waals surface area (Å²) in [6.07, 6.45) is 0. The molecule has 24 heavy (non-hydrogen) atoms. The van der Waals surface area contributed by atoms with E-state index in [1.165, 1.54) is 17.0 Å². The molecule has 124 valence electrons. The highest BCUT2D eigenvalue weighted by atomic mass is 35.5. The van der Waals surface area contributed by atoms with Gasteiger partial charge in [0.05, 0.1) is 5.39 Å². The fourth-order valence-corrected chi connectivity index (χ4v) is 4.16. The summed E-state index contributed by atoms with van der Waals surface area (Å²) < 4.78 is 13.1. The molecule has 3 aromatic rings. The molecule has 1 aliphatic rings. The first-order valence-corrected chi connectivity index (χ1v) is 8.99. The van der Waals surface area contributed by atoms with Gasteiger partial charge in [-0.1, -0.05) is 0 Å². The van der Waals surface area contributed by atoms with Gasteiger partial charge < -0.3 is 9.80 Å². The Morgan fingerprint density at radius 1 is 1.04 bits per heavy atom. The molecular formula is C17H16ClFN4S. The number of piperazine rings is 1. The molecule has 0 radical (unpaired) electrons. The van der Waals surface area contributed by atoms with E-state index in [2.05, 4.69) is 32.8 Å². The maximum atomic E-state index is 13.1. The first-order valence-electron chi connectivity index (χ1n) is 7.79. The third kappa shape index (κ3) is 2.91. The lowest BCUT2D eigenvalue weighted by atomic mass is 10.2. The summed E-state index contributed by atoms with van der Waals surface area (Å²) in [4.78, 5) is 15.4. The second kappa shape index (κ2) is 6.18. The van der Waals surface area contributed by atoms with Crippen molar-refractivity contribution in [3.05, 3.63) is 46.3 Å². The van der Waals surface area contributed by atoms with E-state index in [4.69, 9.17) is 11.6 Å². The third-order valence-corrected chi connectivity index (χ3v) is 5.35. The van der Waals surface area contributed by atoms with Crippen LogP contribution in [0.25, 0.3) is 10.2 Å². The van der Waals surface area contributed by atoms with Crippen LogP contribution in [-0.2, 0) is 0 Å². The molecule has 1 aliphatic heterocycles. The summed E-state index contributed by atoms with van der Waals surface area (Å²) >= 11 is 7.74. The summed E-state index contributed by atoms with van der Waals surface area (Å²) in [7, 11) is 0. The van der Waals surface area contributed by atoms with Crippen LogP contribution >= 0.6 is 22.9 Å². The number of thiophene rings is 1. The van der Waals surface area contributed by atoms with Crippen LogP contribution in [0, 0.1) is 12.7 Å². The Balaban J connectivity index is 1.57. The van der Waals surface area contributed by atoms with Crippen LogP contribution in [0.2, 0.25) is 5.28 Å². The molecule has 4 nitrogen and oxygen atoms in total. The molecule has 1 aromatic carbocycles. The maximum absolute atomic E-state index is 13.1. The van der Waals surface area contributed by atoms with Crippen LogP contribution in [0.15, 0.2) is 30.3 Å². The highest BCUT2D eigenvalue weighted by Crippen LogP contribution is 2.32. The van der Waals surface area contributed by atoms with Gasteiger partial charge in [-0.15, -0.1) is 11.3 Å². The minimum Gasteiger partial charge on any atom is -0.368 e. The molecule has 1 fully saturated rings. The lowest BCUT2D eigenvalue weighted by Crippen LogP contribution is -2.46. The Morgan fingerprint density at radius 2 is 1.71 bits per heavy atom. The van der Waals surface area contributed by atoms with Crippen LogP contribution in [0.5, 0.6) is 0 Å². The van der Waals surface area contributed by atoms with Gasteiger partial charge in [-0.05, 0) is 48.9 Å². The predicted molar refractivity (Wildman–Crippen MR) is 98.0 cm³/mol. The van der Waals surface area contributed by atoms with Gasteiger partial charge in [0.1, 0.15) is 16.5 Å². The van der Waals surface area contributed by atoms with Crippen molar-refractivity contribution < 1.29 is 4.39 Å². The van der Waals surface area contributed by atoms with Crippen LogP contribution in [-0.4, -0.2) is 36.1 Å². The quantitative estimate of drug-likeness (QED) is 0.642. The van der Waals surface area contributed by atoms with Crippen LogP contribution < -0.4 is 9.80 Å². The zero-order chi connectivity index (χ0) is 16.7. The Labute approximate surface area is 148 Å². The number of halogens is 2. The number of hydrogen-bond donors (Lipinski definition) is 0. The van der Waals surface area contributed by atoms with Crippen molar-refractivity contribution in [2.24, 2.45) is 0 Å². The molecule has 0 amide bonds. The molecule has 0 N–H and O–H groups in total. The molecule has 0 aliphatic carbocycles. The molecule has 0 atom stereocenters. The molecule has 7 heteroatoms. The molecule has 0 saturated carbocycles. The van der Waals surface area contributed by atoms with Gasteiger partial charge >= 0.3 is 0 Å². The van der Waals surface area contributed by atoms with Crippen molar-refractivity contribution in [3.8, 4) is 0 Å². The average Bonchev–Trinajstić information content (AvgIpc) is 2.95. The summed E-state index contributed by atoms with van der Waals surface area (Å²) in [6.45, 7) is 5.47. The van der Waals surface area contributed by atoms with Gasteiger partial charge in [0.25, 0.3) is 0 Å². The second-order valence-corrected chi connectivity index (χ2v) is 7.42. The number of aromatic nitrogens is 2. The predicted octanol–water partition coefficient (Wildman–Crippen LogP) is 4.12. The fourth-order valence-electron chi connectivity index (χ4n) is 3.07. The number of rotatable bonds is 2. The number of hydrogen-bond acceptors (Lipinski definition) is 5. The van der Waals surface area contributed by atoms with Gasteiger partial charge in [-0.25, -0.2) is 9.37 Å². The van der Waals surface area contributed by atoms with Gasteiger partial charge in [0, 0.05) is 36.7 Å². The molecule has 0 spiro atoms. The first kappa shape index (κ1) is 15.6. The van der Waals surface area contributed by atoms with Crippen molar-refractivity contribution in [2.75, 3.05) is 36.0 Å². The Hall–Kier alpha value is -1.92. The third-order valence-electron chi connectivity index (χ3n) is 4.24. The van der Waals surface area contributed by atoms with E-state index in [1.54, 1.807) is 11.3 Å². The molecule has 2 aromatic heterocycles. The lowest BCUT2D eigenvalue weighted by Gasteiger charge is -2.37. The van der Waals surface area contributed by atoms with E-state index in [-0.39, 0.29) is 5.82 Å². The zero-order valence-electron chi connectivity index (χ0n) is 13.2. The molecule has 1 saturated heterocycles. The van der Waals surface area contributed by atoms with Crippen molar-refractivity contribution >= 4 is 44.7 Å². The summed E-state index contributed by atoms with van der Waals surface area (Å²) in [6, 6.07) is 8.78. The summed E-state index contributed by atoms with van der Waals surface area (Å²) in [5, 5.41) is 1.36. The number of nitrogens with zero attached hydrogens (tertiary/aromatic N) is 4. The van der Waals surface area contributed by atoms with Crippen LogP contribution in [0.4, 0.5) is 15.9 Å². The van der Waals surface area contributed by atoms with Gasteiger partial charge in [-0.2, -0.15) is 4.98 Å². The topological polar surface area (TPSA) is 32.3 Å². The van der Waals surface area contributed by atoms with E-state index in [0.29, 0.717) is 5.28 Å². The zero-order valence-corrected chi connectivity index (χ0v) is 14.7. The number of benzene rings is 1. The Morgan fingerprint density at radius 3 is 2.42 bits per heavy atom. The van der Waals surface area contributed by atoms with Crippen LogP contribution in [0.3, 0.4) is 0 Å². The van der Waals surface area contributed by atoms with Crippen molar-refractivity contribution in [2.45, 2.75) is 6.92 Å².